The molecule has 1 aromatic rings. The van der Waals surface area contributed by atoms with Gasteiger partial charge in [0.2, 0.25) is 0 Å². The van der Waals surface area contributed by atoms with E-state index in [4.69, 9.17) is 11.6 Å². The van der Waals surface area contributed by atoms with Crippen LogP contribution in [-0.2, 0) is 6.42 Å². The Morgan fingerprint density at radius 3 is 2.69 bits per heavy atom. The van der Waals surface area contributed by atoms with Crippen molar-refractivity contribution in [3.63, 3.8) is 0 Å². The topological polar surface area (TPSA) is 12.0 Å². The van der Waals surface area contributed by atoms with E-state index >= 15 is 0 Å². The first-order chi connectivity index (χ1) is 6.07. The van der Waals surface area contributed by atoms with Gasteiger partial charge in [-0.2, -0.15) is 0 Å². The average molecular weight is 196 g/mol. The van der Waals surface area contributed by atoms with Crippen molar-refractivity contribution in [1.82, 2.24) is 0 Å². The fraction of sp³-hybridized carbons (Fsp3) is 0.455. The lowest BCUT2D eigenvalue weighted by Gasteiger charge is -2.24. The summed E-state index contributed by atoms with van der Waals surface area (Å²) in [5.74, 6) is 0. The fourth-order valence-electron chi connectivity index (χ4n) is 1.71. The summed E-state index contributed by atoms with van der Waals surface area (Å²) >= 11 is 6.27. The Bertz CT molecular complexity index is 289. The number of nitrogens with one attached hydrogen (secondary N) is 1. The Balaban J connectivity index is 2.23. The Morgan fingerprint density at radius 1 is 1.38 bits per heavy atom. The normalized spacial score (nSPS) is 21.0. The minimum atomic E-state index is -0.182. The van der Waals surface area contributed by atoms with Gasteiger partial charge in [-0.25, -0.2) is 0 Å². The molecule has 1 aliphatic heterocycles. The zero-order valence-electron chi connectivity index (χ0n) is 7.97. The monoisotopic (exact) mass is 195 g/mol. The largest absolute Gasteiger partial charge is 0.380 e. The highest BCUT2D eigenvalue weighted by Gasteiger charge is 2.31. The number of para-hydroxylation sites is 1. The summed E-state index contributed by atoms with van der Waals surface area (Å²) in [5.41, 5.74) is 2.61. The first kappa shape index (κ1) is 8.89. The van der Waals surface area contributed by atoms with Gasteiger partial charge in [0.05, 0.1) is 4.87 Å². The molecular weight excluding hydrogens is 182 g/mol. The molecule has 1 nitrogen and oxygen atoms in total. The van der Waals surface area contributed by atoms with Crippen LogP contribution in [0, 0.1) is 0 Å². The van der Waals surface area contributed by atoms with Gasteiger partial charge in [0, 0.05) is 11.7 Å². The molecule has 0 saturated carbocycles. The zero-order chi connectivity index (χ0) is 9.47. The number of hydrogen-bond acceptors (Lipinski definition) is 1. The molecule has 0 spiro atoms. The molecule has 2 rings (SSSR count). The smallest absolute Gasteiger partial charge is 0.0594 e. The third-order valence-electron chi connectivity index (χ3n) is 2.60. The highest BCUT2D eigenvalue weighted by atomic mass is 35.5. The van der Waals surface area contributed by atoms with Crippen LogP contribution in [0.4, 0.5) is 5.69 Å². The summed E-state index contributed by atoms with van der Waals surface area (Å²) in [6.45, 7) is 4.11. The molecule has 2 heteroatoms. The zero-order valence-corrected chi connectivity index (χ0v) is 8.73. The van der Waals surface area contributed by atoms with Crippen LogP contribution in [0.5, 0.6) is 0 Å². The molecule has 1 unspecified atom stereocenters. The van der Waals surface area contributed by atoms with Crippen molar-refractivity contribution in [1.29, 1.82) is 0 Å². The summed E-state index contributed by atoms with van der Waals surface area (Å²) in [5, 5.41) is 3.44. The molecule has 13 heavy (non-hydrogen) atoms. The predicted molar refractivity (Wildman–Crippen MR) is 57.5 cm³/mol. The van der Waals surface area contributed by atoms with Gasteiger partial charge in [0.15, 0.2) is 0 Å². The highest BCUT2D eigenvalue weighted by Crippen LogP contribution is 2.32. The summed E-state index contributed by atoms with van der Waals surface area (Å²) in [6.07, 6.45) is 1.03. The van der Waals surface area contributed by atoms with Gasteiger partial charge < -0.3 is 5.32 Å². The maximum atomic E-state index is 6.27. The fourth-order valence-corrected chi connectivity index (χ4v) is 1.84. The van der Waals surface area contributed by atoms with E-state index in [1.165, 1.54) is 11.3 Å². The van der Waals surface area contributed by atoms with E-state index in [9.17, 15) is 0 Å². The van der Waals surface area contributed by atoms with E-state index in [-0.39, 0.29) is 4.87 Å². The minimum Gasteiger partial charge on any atom is -0.380 e. The van der Waals surface area contributed by atoms with Crippen molar-refractivity contribution < 1.29 is 0 Å². The van der Waals surface area contributed by atoms with E-state index in [1.54, 1.807) is 0 Å². The van der Waals surface area contributed by atoms with Gasteiger partial charge in [0.1, 0.15) is 0 Å². The van der Waals surface area contributed by atoms with Crippen LogP contribution in [0.25, 0.3) is 0 Å². The maximum absolute atomic E-state index is 6.27. The Hall–Kier alpha value is -0.690. The van der Waals surface area contributed by atoms with Gasteiger partial charge in [-0.05, 0) is 31.9 Å². The maximum Gasteiger partial charge on any atom is 0.0594 e. The molecule has 0 fully saturated rings. The molecule has 0 bridgehead atoms. The highest BCUT2D eigenvalue weighted by molar-refractivity contribution is 6.24. The average Bonchev–Trinajstić information content (AvgIpc) is 2.45. The molecule has 0 aromatic heterocycles. The third-order valence-corrected chi connectivity index (χ3v) is 2.86. The molecule has 0 radical (unpaired) electrons. The Labute approximate surface area is 84.1 Å². The van der Waals surface area contributed by atoms with E-state index in [1.807, 2.05) is 0 Å². The minimum absolute atomic E-state index is 0.182. The molecule has 0 amide bonds. The first-order valence-corrected chi connectivity index (χ1v) is 4.98. The van der Waals surface area contributed by atoms with Crippen molar-refractivity contribution in [2.45, 2.75) is 31.2 Å². The van der Waals surface area contributed by atoms with Crippen LogP contribution >= 0.6 is 11.6 Å². The number of fused-ring (bicyclic) bond motifs is 1. The predicted octanol–water partition coefficient (Wildman–Crippen LogP) is 3.04. The standard InChI is InChI=1S/C11H14ClN/c1-11(2,12)10-7-8-5-3-4-6-9(8)13-10/h3-6,10,13H,7H2,1-2H3. The third kappa shape index (κ3) is 1.66. The number of anilines is 1. The molecule has 1 heterocycles. The first-order valence-electron chi connectivity index (χ1n) is 4.61. The second-order valence-corrected chi connectivity index (χ2v) is 5.10. The Morgan fingerprint density at radius 2 is 2.08 bits per heavy atom. The quantitative estimate of drug-likeness (QED) is 0.680. The van der Waals surface area contributed by atoms with Crippen LogP contribution in [0.2, 0.25) is 0 Å². The summed E-state index contributed by atoms with van der Waals surface area (Å²) in [4.78, 5) is -0.182. The van der Waals surface area contributed by atoms with Gasteiger partial charge in [0.25, 0.3) is 0 Å². The van der Waals surface area contributed by atoms with Crippen LogP contribution in [0.3, 0.4) is 0 Å². The molecule has 0 saturated heterocycles. The lowest BCUT2D eigenvalue weighted by atomic mass is 10.00. The number of alkyl halides is 1. The summed E-state index contributed by atoms with van der Waals surface area (Å²) in [6, 6.07) is 8.74. The number of rotatable bonds is 1. The molecule has 1 aromatic carbocycles. The van der Waals surface area contributed by atoms with E-state index in [2.05, 4.69) is 43.4 Å². The molecule has 1 aliphatic rings. The number of benzene rings is 1. The van der Waals surface area contributed by atoms with E-state index in [0.717, 1.165) is 6.42 Å². The molecule has 0 aliphatic carbocycles. The lowest BCUT2D eigenvalue weighted by Crippen LogP contribution is -2.35. The van der Waals surface area contributed by atoms with E-state index < -0.39 is 0 Å². The van der Waals surface area contributed by atoms with E-state index in [0.29, 0.717) is 6.04 Å². The molecule has 1 atom stereocenters. The van der Waals surface area contributed by atoms with Gasteiger partial charge in [-0.1, -0.05) is 18.2 Å². The SMILES string of the molecule is CC(C)(Cl)C1Cc2ccccc2N1. The van der Waals surface area contributed by atoms with Crippen LogP contribution in [0.1, 0.15) is 19.4 Å². The number of halogens is 1. The van der Waals surface area contributed by atoms with Crippen molar-refractivity contribution in [3.05, 3.63) is 29.8 Å². The lowest BCUT2D eigenvalue weighted by molar-refractivity contribution is 0.576. The number of hydrogen-bond donors (Lipinski definition) is 1. The van der Waals surface area contributed by atoms with Crippen molar-refractivity contribution in [2.24, 2.45) is 0 Å². The second-order valence-electron chi connectivity index (χ2n) is 4.12. The summed E-state index contributed by atoms with van der Waals surface area (Å²) in [7, 11) is 0. The Kier molecular flexibility index (Phi) is 1.99. The molecular formula is C11H14ClN. The summed E-state index contributed by atoms with van der Waals surface area (Å²) < 4.78 is 0. The van der Waals surface area contributed by atoms with Crippen molar-refractivity contribution in [3.8, 4) is 0 Å². The van der Waals surface area contributed by atoms with Gasteiger partial charge in [-0.15, -0.1) is 11.6 Å². The molecule has 70 valence electrons. The second kappa shape index (κ2) is 2.91. The van der Waals surface area contributed by atoms with Gasteiger partial charge in [-0.3, -0.25) is 0 Å². The molecule has 1 N–H and O–H groups in total. The van der Waals surface area contributed by atoms with Crippen LogP contribution < -0.4 is 5.32 Å². The van der Waals surface area contributed by atoms with Crippen LogP contribution in [0.15, 0.2) is 24.3 Å². The van der Waals surface area contributed by atoms with Gasteiger partial charge >= 0.3 is 0 Å². The van der Waals surface area contributed by atoms with Crippen LogP contribution in [-0.4, -0.2) is 10.9 Å². The van der Waals surface area contributed by atoms with Crippen molar-refractivity contribution in [2.75, 3.05) is 5.32 Å². The van der Waals surface area contributed by atoms with Crippen molar-refractivity contribution >= 4 is 17.3 Å².